The molecule has 1 aromatic carbocycles. The third-order valence-electron chi connectivity index (χ3n) is 3.89. The van der Waals surface area contributed by atoms with E-state index in [4.69, 9.17) is 0 Å². The Balaban J connectivity index is 2.46. The molecule has 0 bridgehead atoms. The Morgan fingerprint density at radius 2 is 1.92 bits per heavy atom. The maximum absolute atomic E-state index is 12.0. The summed E-state index contributed by atoms with van der Waals surface area (Å²) in [4.78, 5) is 25.1. The van der Waals surface area contributed by atoms with Crippen molar-refractivity contribution >= 4 is 11.9 Å². The maximum Gasteiger partial charge on any atom is 0.326 e. The van der Waals surface area contributed by atoms with Gasteiger partial charge >= 0.3 is 5.97 Å². The predicted octanol–water partition coefficient (Wildman–Crippen LogP) is 2.07. The smallest absolute Gasteiger partial charge is 0.326 e. The number of carboxylic acid groups (broad SMARTS) is 1. The largest absolute Gasteiger partial charge is 0.480 e. The Morgan fingerprint density at radius 3 is 2.42 bits per heavy atom. The van der Waals surface area contributed by atoms with Gasteiger partial charge in [0, 0.05) is 25.4 Å². The first-order valence-corrected chi connectivity index (χ1v) is 7.97. The van der Waals surface area contributed by atoms with Gasteiger partial charge in [0.1, 0.15) is 12.2 Å². The van der Waals surface area contributed by atoms with Crippen molar-refractivity contribution in [2.24, 2.45) is 5.41 Å². The average Bonchev–Trinajstić information content (AvgIpc) is 2.46. The summed E-state index contributed by atoms with van der Waals surface area (Å²) in [6.45, 7) is 7.59. The molecule has 1 aliphatic heterocycles. The summed E-state index contributed by atoms with van der Waals surface area (Å²) in [5.41, 5.74) is 1.15. The predicted molar refractivity (Wildman–Crippen MR) is 91.8 cm³/mol. The van der Waals surface area contributed by atoms with Crippen molar-refractivity contribution < 1.29 is 14.7 Å². The molecule has 2 unspecified atom stereocenters. The van der Waals surface area contributed by atoms with Gasteiger partial charge < -0.3 is 15.3 Å². The third kappa shape index (κ3) is 4.14. The molecule has 2 atom stereocenters. The summed E-state index contributed by atoms with van der Waals surface area (Å²) < 4.78 is 0. The zero-order valence-corrected chi connectivity index (χ0v) is 14.5. The molecule has 6 nitrogen and oxygen atoms in total. The number of carbonyl (C=O) groups is 2. The van der Waals surface area contributed by atoms with Gasteiger partial charge in [-0.2, -0.15) is 0 Å². The Bertz CT molecular complexity index is 635. The topological polar surface area (TPSA) is 81.7 Å². The van der Waals surface area contributed by atoms with Crippen molar-refractivity contribution in [3.05, 3.63) is 47.8 Å². The summed E-state index contributed by atoms with van der Waals surface area (Å²) >= 11 is 0. The molecule has 6 heteroatoms. The lowest BCUT2D eigenvalue weighted by Crippen LogP contribution is -2.54. The number of carbonyl (C=O) groups excluding carboxylic acids is 1. The maximum atomic E-state index is 12.0. The van der Waals surface area contributed by atoms with E-state index in [1.165, 1.54) is 6.92 Å². The number of rotatable bonds is 4. The van der Waals surface area contributed by atoms with Gasteiger partial charge in [-0.15, -0.1) is 0 Å². The highest BCUT2D eigenvalue weighted by atomic mass is 16.4. The van der Waals surface area contributed by atoms with Crippen LogP contribution in [0, 0.1) is 5.41 Å². The van der Waals surface area contributed by atoms with Crippen molar-refractivity contribution in [1.82, 2.24) is 15.5 Å². The standard InChI is InChI=1S/C18H25N3O3/c1-12(22)20-14-10-19-16(13-8-6-5-7-9-13)21(11-14)15(17(23)24)18(2,3)4/h5-9,11,15-16,19H,10H2,1-4H3,(H,20,22)(H,23,24). The molecule has 0 aliphatic carbocycles. The highest BCUT2D eigenvalue weighted by Gasteiger charge is 2.40. The second-order valence-electron chi connectivity index (χ2n) is 7.08. The van der Waals surface area contributed by atoms with Crippen LogP contribution in [0.1, 0.15) is 39.4 Å². The minimum absolute atomic E-state index is 0.177. The van der Waals surface area contributed by atoms with Crippen LogP contribution in [-0.4, -0.2) is 34.5 Å². The van der Waals surface area contributed by atoms with E-state index in [1.54, 1.807) is 11.1 Å². The van der Waals surface area contributed by atoms with Gasteiger partial charge in [0.05, 0.1) is 0 Å². The molecule has 2 rings (SSSR count). The van der Waals surface area contributed by atoms with Crippen LogP contribution >= 0.6 is 0 Å². The number of nitrogens with one attached hydrogen (secondary N) is 2. The fraction of sp³-hybridized carbons (Fsp3) is 0.444. The quantitative estimate of drug-likeness (QED) is 0.787. The third-order valence-corrected chi connectivity index (χ3v) is 3.89. The first-order chi connectivity index (χ1) is 11.2. The Kier molecular flexibility index (Phi) is 5.29. The van der Waals surface area contributed by atoms with Gasteiger partial charge in [-0.3, -0.25) is 10.1 Å². The Labute approximate surface area is 142 Å². The number of hydrogen-bond acceptors (Lipinski definition) is 4. The van der Waals surface area contributed by atoms with Crippen molar-refractivity contribution in [3.63, 3.8) is 0 Å². The van der Waals surface area contributed by atoms with E-state index in [0.717, 1.165) is 5.56 Å². The summed E-state index contributed by atoms with van der Waals surface area (Å²) in [7, 11) is 0. The van der Waals surface area contributed by atoms with Crippen LogP contribution in [0.4, 0.5) is 0 Å². The van der Waals surface area contributed by atoms with Gasteiger partial charge in [-0.1, -0.05) is 51.1 Å². The lowest BCUT2D eigenvalue weighted by molar-refractivity contribution is -0.148. The molecule has 1 aliphatic rings. The summed E-state index contributed by atoms with van der Waals surface area (Å²) in [6, 6.07) is 8.95. The lowest BCUT2D eigenvalue weighted by Gasteiger charge is -2.44. The molecule has 0 aromatic heterocycles. The second kappa shape index (κ2) is 7.05. The number of carboxylic acids is 1. The number of benzene rings is 1. The minimum Gasteiger partial charge on any atom is -0.480 e. The number of amides is 1. The van der Waals surface area contributed by atoms with Crippen LogP contribution in [-0.2, 0) is 9.59 Å². The Hall–Kier alpha value is -2.34. The van der Waals surface area contributed by atoms with E-state index < -0.39 is 17.4 Å². The van der Waals surface area contributed by atoms with E-state index in [9.17, 15) is 14.7 Å². The average molecular weight is 331 g/mol. The molecule has 0 saturated heterocycles. The molecular weight excluding hydrogens is 306 g/mol. The zero-order chi connectivity index (χ0) is 17.9. The van der Waals surface area contributed by atoms with Crippen LogP contribution in [0.5, 0.6) is 0 Å². The monoisotopic (exact) mass is 331 g/mol. The minimum atomic E-state index is -0.898. The normalized spacial score (nSPS) is 19.4. The first kappa shape index (κ1) is 18.0. The van der Waals surface area contributed by atoms with Gasteiger partial charge in [0.2, 0.25) is 5.91 Å². The molecule has 0 saturated carbocycles. The lowest BCUT2D eigenvalue weighted by atomic mass is 9.84. The van der Waals surface area contributed by atoms with E-state index in [2.05, 4.69) is 10.6 Å². The van der Waals surface area contributed by atoms with Crippen LogP contribution < -0.4 is 10.6 Å². The SMILES string of the molecule is CC(=O)NC1=CN(C(C(=O)O)C(C)(C)C)C(c2ccccc2)NC1. The van der Waals surface area contributed by atoms with E-state index in [-0.39, 0.29) is 12.1 Å². The van der Waals surface area contributed by atoms with Gasteiger partial charge in [0.15, 0.2) is 0 Å². The summed E-state index contributed by atoms with van der Waals surface area (Å²) in [5.74, 6) is -1.07. The molecular formula is C18H25N3O3. The second-order valence-corrected chi connectivity index (χ2v) is 7.08. The van der Waals surface area contributed by atoms with Gasteiger partial charge in [-0.25, -0.2) is 4.79 Å². The molecule has 0 fully saturated rings. The molecule has 1 aromatic rings. The summed E-state index contributed by atoms with van der Waals surface area (Å²) in [5, 5.41) is 15.9. The molecule has 130 valence electrons. The van der Waals surface area contributed by atoms with Crippen molar-refractivity contribution in [1.29, 1.82) is 0 Å². The molecule has 0 radical (unpaired) electrons. The fourth-order valence-corrected chi connectivity index (χ4v) is 3.01. The van der Waals surface area contributed by atoms with Crippen LogP contribution in [0.25, 0.3) is 0 Å². The number of nitrogens with zero attached hydrogens (tertiary/aromatic N) is 1. The summed E-state index contributed by atoms with van der Waals surface area (Å²) in [6.07, 6.45) is 1.48. The molecule has 3 N–H and O–H groups in total. The van der Waals surface area contributed by atoms with E-state index in [1.807, 2.05) is 51.1 Å². The molecule has 24 heavy (non-hydrogen) atoms. The highest BCUT2D eigenvalue weighted by molar-refractivity contribution is 5.76. The molecule has 1 amide bonds. The van der Waals surface area contributed by atoms with Gasteiger partial charge in [-0.05, 0) is 11.0 Å². The number of hydrogen-bond donors (Lipinski definition) is 3. The van der Waals surface area contributed by atoms with E-state index >= 15 is 0 Å². The van der Waals surface area contributed by atoms with Crippen LogP contribution in [0.15, 0.2) is 42.2 Å². The zero-order valence-electron chi connectivity index (χ0n) is 14.5. The Morgan fingerprint density at radius 1 is 1.29 bits per heavy atom. The van der Waals surface area contributed by atoms with Gasteiger partial charge in [0.25, 0.3) is 0 Å². The highest BCUT2D eigenvalue weighted by Crippen LogP contribution is 2.33. The van der Waals surface area contributed by atoms with E-state index in [0.29, 0.717) is 12.2 Å². The number of aliphatic carboxylic acids is 1. The molecule has 0 spiro atoms. The van der Waals surface area contributed by atoms with Crippen molar-refractivity contribution in [2.75, 3.05) is 6.54 Å². The first-order valence-electron chi connectivity index (χ1n) is 7.97. The van der Waals surface area contributed by atoms with Crippen LogP contribution in [0.2, 0.25) is 0 Å². The fourth-order valence-electron chi connectivity index (χ4n) is 3.01. The molecule has 1 heterocycles. The van der Waals surface area contributed by atoms with Crippen molar-refractivity contribution in [3.8, 4) is 0 Å². The van der Waals surface area contributed by atoms with Crippen LogP contribution in [0.3, 0.4) is 0 Å². The van der Waals surface area contributed by atoms with Crippen molar-refractivity contribution in [2.45, 2.75) is 39.9 Å².